The van der Waals surface area contributed by atoms with Gasteiger partial charge in [-0.15, -0.1) is 23.1 Å². The summed E-state index contributed by atoms with van der Waals surface area (Å²) >= 11 is 8.84. The molecule has 0 radical (unpaired) electrons. The molecular weight excluding hydrogens is 312 g/mol. The molecule has 0 N–H and O–H groups in total. The third-order valence-corrected chi connectivity index (χ3v) is 6.93. The van der Waals surface area contributed by atoms with Crippen LogP contribution in [0.3, 0.4) is 0 Å². The van der Waals surface area contributed by atoms with E-state index in [2.05, 4.69) is 15.9 Å². The maximum Gasteiger partial charge on any atom is 0.151 e. The molecule has 1 aliphatic heterocycles. The molecule has 82 valence electrons. The fraction of sp³-hybridized carbons (Fsp3) is 0.500. The summed E-state index contributed by atoms with van der Waals surface area (Å²) in [6, 6.07) is 2.01. The van der Waals surface area contributed by atoms with Crippen molar-refractivity contribution in [1.82, 2.24) is 0 Å². The van der Waals surface area contributed by atoms with Crippen LogP contribution in [-0.2, 0) is 11.2 Å². The van der Waals surface area contributed by atoms with Crippen LogP contribution in [0.5, 0.6) is 0 Å². The molecule has 1 nitrogen and oxygen atoms in total. The molecule has 15 heavy (non-hydrogen) atoms. The van der Waals surface area contributed by atoms with Crippen molar-refractivity contribution in [2.24, 2.45) is 0 Å². The Kier molecular flexibility index (Phi) is 4.61. The van der Waals surface area contributed by atoms with Crippen molar-refractivity contribution in [2.45, 2.75) is 11.7 Å². The van der Waals surface area contributed by atoms with Crippen LogP contribution < -0.4 is 0 Å². The number of hydrogen-bond acceptors (Lipinski definition) is 4. The number of thiophene rings is 1. The van der Waals surface area contributed by atoms with Crippen molar-refractivity contribution < 1.29 is 4.79 Å². The molecule has 2 heterocycles. The number of ketones is 1. The molecule has 0 aromatic carbocycles. The topological polar surface area (TPSA) is 17.1 Å². The summed E-state index contributed by atoms with van der Waals surface area (Å²) in [6.45, 7) is 0. The predicted molar refractivity (Wildman–Crippen MR) is 74.3 cm³/mol. The Balaban J connectivity index is 1.94. The van der Waals surface area contributed by atoms with Gasteiger partial charge in [-0.3, -0.25) is 4.79 Å². The summed E-state index contributed by atoms with van der Waals surface area (Å²) in [5.74, 6) is 3.69. The van der Waals surface area contributed by atoms with Crippen LogP contribution in [0.2, 0.25) is 0 Å². The SMILES string of the molecule is O=C(Cc1sccc1Br)C1CSCCS1. The van der Waals surface area contributed by atoms with Gasteiger partial charge in [0.1, 0.15) is 0 Å². The lowest BCUT2D eigenvalue weighted by atomic mass is 10.2. The van der Waals surface area contributed by atoms with Crippen molar-refractivity contribution in [3.05, 3.63) is 20.8 Å². The second-order valence-electron chi connectivity index (χ2n) is 3.27. The van der Waals surface area contributed by atoms with E-state index in [9.17, 15) is 4.79 Å². The van der Waals surface area contributed by atoms with Crippen LogP contribution in [0.15, 0.2) is 15.9 Å². The summed E-state index contributed by atoms with van der Waals surface area (Å²) in [5.41, 5.74) is 0. The zero-order chi connectivity index (χ0) is 10.7. The van der Waals surface area contributed by atoms with Crippen molar-refractivity contribution >= 4 is 56.6 Å². The highest BCUT2D eigenvalue weighted by Crippen LogP contribution is 2.28. The van der Waals surface area contributed by atoms with Crippen LogP contribution in [0, 0.1) is 0 Å². The van der Waals surface area contributed by atoms with Gasteiger partial charge in [0.25, 0.3) is 0 Å². The molecule has 0 amide bonds. The zero-order valence-corrected chi connectivity index (χ0v) is 12.1. The Morgan fingerprint density at radius 3 is 3.00 bits per heavy atom. The normalized spacial score (nSPS) is 21.5. The Labute approximate surface area is 111 Å². The minimum atomic E-state index is 0.220. The van der Waals surface area contributed by atoms with Crippen LogP contribution >= 0.6 is 50.8 Å². The maximum absolute atomic E-state index is 12.0. The molecule has 0 saturated carbocycles. The first kappa shape index (κ1) is 12.0. The third kappa shape index (κ3) is 3.25. The van der Waals surface area contributed by atoms with E-state index >= 15 is 0 Å². The van der Waals surface area contributed by atoms with E-state index in [0.29, 0.717) is 12.2 Å². The van der Waals surface area contributed by atoms with Gasteiger partial charge in [-0.1, -0.05) is 0 Å². The molecule has 1 aromatic heterocycles. The first-order valence-electron chi connectivity index (χ1n) is 4.71. The Morgan fingerprint density at radius 2 is 2.40 bits per heavy atom. The fourth-order valence-electron chi connectivity index (χ4n) is 1.40. The molecule has 0 aliphatic carbocycles. The lowest BCUT2D eigenvalue weighted by Gasteiger charge is -2.19. The van der Waals surface area contributed by atoms with Crippen LogP contribution in [0.25, 0.3) is 0 Å². The molecule has 1 fully saturated rings. The third-order valence-electron chi connectivity index (χ3n) is 2.20. The standard InChI is InChI=1S/C10H11BrOS3/c11-7-1-2-14-9(7)5-8(12)10-6-13-3-4-15-10/h1-2,10H,3-6H2. The molecule has 1 atom stereocenters. The zero-order valence-electron chi connectivity index (χ0n) is 8.07. The highest BCUT2D eigenvalue weighted by atomic mass is 79.9. The number of rotatable bonds is 3. The average Bonchev–Trinajstić information content (AvgIpc) is 2.66. The second kappa shape index (κ2) is 5.75. The molecule has 1 aliphatic rings. The van der Waals surface area contributed by atoms with E-state index in [1.165, 1.54) is 5.75 Å². The van der Waals surface area contributed by atoms with Crippen LogP contribution in [-0.4, -0.2) is 28.3 Å². The van der Waals surface area contributed by atoms with Crippen molar-refractivity contribution in [3.63, 3.8) is 0 Å². The molecule has 1 saturated heterocycles. The summed E-state index contributed by atoms with van der Waals surface area (Å²) in [7, 11) is 0. The predicted octanol–water partition coefficient (Wildman–Crippen LogP) is 3.47. The van der Waals surface area contributed by atoms with Gasteiger partial charge >= 0.3 is 0 Å². The van der Waals surface area contributed by atoms with E-state index in [1.807, 2.05) is 35.0 Å². The van der Waals surface area contributed by atoms with Gasteiger partial charge in [-0.05, 0) is 27.4 Å². The quantitative estimate of drug-likeness (QED) is 0.848. The number of thioether (sulfide) groups is 2. The lowest BCUT2D eigenvalue weighted by molar-refractivity contribution is -0.117. The van der Waals surface area contributed by atoms with Crippen LogP contribution in [0.1, 0.15) is 4.88 Å². The first-order chi connectivity index (χ1) is 7.27. The van der Waals surface area contributed by atoms with E-state index < -0.39 is 0 Å². The number of carbonyl (C=O) groups excluding carboxylic acids is 1. The minimum absolute atomic E-state index is 0.220. The number of carbonyl (C=O) groups is 1. The van der Waals surface area contributed by atoms with Gasteiger partial charge in [0.2, 0.25) is 0 Å². The Morgan fingerprint density at radius 1 is 1.53 bits per heavy atom. The van der Waals surface area contributed by atoms with Gasteiger partial charge in [0, 0.05) is 33.0 Å². The van der Waals surface area contributed by atoms with Gasteiger partial charge in [0.05, 0.1) is 5.25 Å². The minimum Gasteiger partial charge on any atom is -0.298 e. The molecular formula is C10H11BrOS3. The molecule has 1 unspecified atom stereocenters. The smallest absolute Gasteiger partial charge is 0.151 e. The van der Waals surface area contributed by atoms with E-state index in [1.54, 1.807) is 11.3 Å². The monoisotopic (exact) mass is 322 g/mol. The van der Waals surface area contributed by atoms with E-state index in [0.717, 1.165) is 20.9 Å². The first-order valence-corrected chi connectivity index (χ1v) is 8.59. The Bertz CT molecular complexity index is 344. The van der Waals surface area contributed by atoms with Gasteiger partial charge < -0.3 is 0 Å². The lowest BCUT2D eigenvalue weighted by Crippen LogP contribution is -2.25. The van der Waals surface area contributed by atoms with Gasteiger partial charge in [0.15, 0.2) is 5.78 Å². The molecule has 0 bridgehead atoms. The number of Topliss-reactive ketones (excluding diaryl/α,β-unsaturated/α-hetero) is 1. The summed E-state index contributed by atoms with van der Waals surface area (Å²) in [4.78, 5) is 13.1. The van der Waals surface area contributed by atoms with E-state index in [-0.39, 0.29) is 5.25 Å². The highest BCUT2D eigenvalue weighted by molar-refractivity contribution is 9.10. The van der Waals surface area contributed by atoms with Crippen molar-refractivity contribution in [2.75, 3.05) is 17.3 Å². The van der Waals surface area contributed by atoms with Crippen molar-refractivity contribution in [3.8, 4) is 0 Å². The fourth-order valence-corrected chi connectivity index (χ4v) is 5.55. The number of halogens is 1. The van der Waals surface area contributed by atoms with Crippen LogP contribution in [0.4, 0.5) is 0 Å². The largest absolute Gasteiger partial charge is 0.298 e. The molecule has 1 aromatic rings. The van der Waals surface area contributed by atoms with Crippen molar-refractivity contribution in [1.29, 1.82) is 0 Å². The summed E-state index contributed by atoms with van der Waals surface area (Å²) < 4.78 is 1.08. The average molecular weight is 323 g/mol. The maximum atomic E-state index is 12.0. The molecule has 0 spiro atoms. The molecule has 5 heteroatoms. The molecule has 2 rings (SSSR count). The van der Waals surface area contributed by atoms with E-state index in [4.69, 9.17) is 0 Å². The van der Waals surface area contributed by atoms with Gasteiger partial charge in [-0.2, -0.15) is 11.8 Å². The summed E-state index contributed by atoms with van der Waals surface area (Å²) in [5, 5.41) is 2.24. The second-order valence-corrected chi connectivity index (χ2v) is 7.58. The van der Waals surface area contributed by atoms with Gasteiger partial charge in [-0.25, -0.2) is 0 Å². The Hall–Kier alpha value is 0.550. The number of hydrogen-bond donors (Lipinski definition) is 0. The highest BCUT2D eigenvalue weighted by Gasteiger charge is 2.22. The summed E-state index contributed by atoms with van der Waals surface area (Å²) in [6.07, 6.45) is 0.594.